The Morgan fingerprint density at radius 2 is 0.923 bits per heavy atom. The third kappa shape index (κ3) is 6.27. The lowest BCUT2D eigenvalue weighted by Crippen LogP contribution is -1.99. The van der Waals surface area contributed by atoms with Gasteiger partial charge in [0.25, 0.3) is 0 Å². The van der Waals surface area contributed by atoms with Gasteiger partial charge in [-0.3, -0.25) is 0 Å². The van der Waals surface area contributed by atoms with E-state index in [0.717, 1.165) is 5.56 Å². The highest BCUT2D eigenvalue weighted by molar-refractivity contribution is 5.35. The van der Waals surface area contributed by atoms with Crippen LogP contribution in [-0.2, 0) is 0 Å². The van der Waals surface area contributed by atoms with E-state index in [1.54, 1.807) is 12.1 Å². The van der Waals surface area contributed by atoms with Gasteiger partial charge in [-0.25, -0.2) is 4.39 Å². The molecule has 0 spiro atoms. The molecule has 0 saturated carbocycles. The molecule has 0 aromatic heterocycles. The Balaban J connectivity index is 0.000000260. The van der Waals surface area contributed by atoms with E-state index in [1.165, 1.54) is 22.3 Å². The molecule has 0 bridgehead atoms. The van der Waals surface area contributed by atoms with E-state index in [4.69, 9.17) is 0 Å². The third-order valence-corrected chi connectivity index (χ3v) is 4.78. The van der Waals surface area contributed by atoms with Gasteiger partial charge in [-0.15, -0.1) is 0 Å². The molecule has 0 atom stereocenters. The van der Waals surface area contributed by atoms with Crippen LogP contribution in [0.4, 0.5) is 4.39 Å². The molecular weight excluding hydrogens is 319 g/mol. The monoisotopic (exact) mass is 356 g/mol. The zero-order chi connectivity index (χ0) is 20.0. The molecular formula is C25H37F. The zero-order valence-corrected chi connectivity index (χ0v) is 18.2. The van der Waals surface area contributed by atoms with E-state index < -0.39 is 0 Å². The first-order chi connectivity index (χ1) is 12.0. The molecule has 0 unspecified atom stereocenters. The minimum absolute atomic E-state index is 0.131. The average Bonchev–Trinajstić information content (AvgIpc) is 2.54. The molecule has 144 valence electrons. The van der Waals surface area contributed by atoms with Crippen LogP contribution in [0.1, 0.15) is 107 Å². The van der Waals surface area contributed by atoms with Gasteiger partial charge in [0, 0.05) is 0 Å². The van der Waals surface area contributed by atoms with Crippen molar-refractivity contribution in [2.45, 2.75) is 86.0 Å². The summed E-state index contributed by atoms with van der Waals surface area (Å²) in [5, 5.41) is 0. The maximum absolute atomic E-state index is 13.0. The van der Waals surface area contributed by atoms with Gasteiger partial charge in [0.1, 0.15) is 5.82 Å². The summed E-state index contributed by atoms with van der Waals surface area (Å²) in [6.45, 7) is 19.7. The highest BCUT2D eigenvalue weighted by Gasteiger charge is 2.10. The Morgan fingerprint density at radius 1 is 0.538 bits per heavy atom. The SMILES string of the molecule is CC(C)c1ccc(F)cc1C(C)C.Cc1ccc(C(C)C)c(C(C)C)c1. The minimum atomic E-state index is -0.131. The highest BCUT2D eigenvalue weighted by atomic mass is 19.1. The molecule has 0 saturated heterocycles. The molecule has 0 aliphatic carbocycles. The van der Waals surface area contributed by atoms with E-state index in [2.05, 4.69) is 80.5 Å². The molecule has 2 aromatic carbocycles. The highest BCUT2D eigenvalue weighted by Crippen LogP contribution is 2.27. The number of hydrogen-bond acceptors (Lipinski definition) is 0. The van der Waals surface area contributed by atoms with Crippen LogP contribution in [0.2, 0.25) is 0 Å². The first-order valence-electron chi connectivity index (χ1n) is 9.94. The third-order valence-electron chi connectivity index (χ3n) is 4.78. The van der Waals surface area contributed by atoms with Gasteiger partial charge in [-0.1, -0.05) is 85.2 Å². The number of rotatable bonds is 4. The molecule has 0 radical (unpaired) electrons. The summed E-state index contributed by atoms with van der Waals surface area (Å²) in [5.74, 6) is 2.01. The van der Waals surface area contributed by atoms with Crippen LogP contribution in [0.15, 0.2) is 36.4 Å². The summed E-state index contributed by atoms with van der Waals surface area (Å²) in [6.07, 6.45) is 0. The predicted molar refractivity (Wildman–Crippen MR) is 114 cm³/mol. The van der Waals surface area contributed by atoms with Gasteiger partial charge < -0.3 is 0 Å². The van der Waals surface area contributed by atoms with Gasteiger partial charge >= 0.3 is 0 Å². The van der Waals surface area contributed by atoms with E-state index in [9.17, 15) is 4.39 Å². The standard InChI is InChI=1S/C13H20.C12H17F/c1-9(2)12-7-6-11(5)8-13(12)10(3)4;1-8(2)11-6-5-10(13)7-12(11)9(3)4/h6-10H,1-5H3;5-9H,1-4H3. The van der Waals surface area contributed by atoms with Crippen LogP contribution in [0.25, 0.3) is 0 Å². The molecule has 0 N–H and O–H groups in total. The summed E-state index contributed by atoms with van der Waals surface area (Å²) in [7, 11) is 0. The number of halogens is 1. The Labute approximate surface area is 160 Å². The van der Waals surface area contributed by atoms with Crippen molar-refractivity contribution in [3.63, 3.8) is 0 Å². The van der Waals surface area contributed by atoms with Crippen LogP contribution in [0, 0.1) is 12.7 Å². The maximum Gasteiger partial charge on any atom is 0.123 e. The van der Waals surface area contributed by atoms with Crippen molar-refractivity contribution in [1.82, 2.24) is 0 Å². The molecule has 0 aliphatic heterocycles. The lowest BCUT2D eigenvalue weighted by Gasteiger charge is -2.16. The van der Waals surface area contributed by atoms with Gasteiger partial charge in [0.05, 0.1) is 0 Å². The molecule has 0 nitrogen and oxygen atoms in total. The minimum Gasteiger partial charge on any atom is -0.207 e. The van der Waals surface area contributed by atoms with Crippen molar-refractivity contribution < 1.29 is 4.39 Å². The Kier molecular flexibility index (Phi) is 8.53. The lowest BCUT2D eigenvalue weighted by atomic mass is 9.89. The Bertz CT molecular complexity index is 632. The summed E-state index contributed by atoms with van der Waals surface area (Å²) in [6, 6.07) is 11.9. The molecule has 26 heavy (non-hydrogen) atoms. The Hall–Kier alpha value is -1.63. The van der Waals surface area contributed by atoms with E-state index in [1.807, 2.05) is 6.07 Å². The molecule has 0 amide bonds. The summed E-state index contributed by atoms with van der Waals surface area (Å²) >= 11 is 0. The topological polar surface area (TPSA) is 0 Å². The van der Waals surface area contributed by atoms with Crippen molar-refractivity contribution in [3.05, 3.63) is 70.0 Å². The van der Waals surface area contributed by atoms with Crippen LogP contribution in [-0.4, -0.2) is 0 Å². The van der Waals surface area contributed by atoms with Gasteiger partial charge in [-0.05, 0) is 65.0 Å². The van der Waals surface area contributed by atoms with Crippen LogP contribution < -0.4 is 0 Å². The van der Waals surface area contributed by atoms with Crippen LogP contribution >= 0.6 is 0 Å². The van der Waals surface area contributed by atoms with Gasteiger partial charge in [0.2, 0.25) is 0 Å². The number of hydrogen-bond donors (Lipinski definition) is 0. The second-order valence-electron chi connectivity index (χ2n) is 8.52. The summed E-state index contributed by atoms with van der Waals surface area (Å²) < 4.78 is 13.0. The van der Waals surface area contributed by atoms with Crippen molar-refractivity contribution in [2.75, 3.05) is 0 Å². The zero-order valence-electron chi connectivity index (χ0n) is 18.2. The fraction of sp³-hybridized carbons (Fsp3) is 0.520. The second-order valence-corrected chi connectivity index (χ2v) is 8.52. The second kappa shape index (κ2) is 9.90. The van der Waals surface area contributed by atoms with Crippen molar-refractivity contribution >= 4 is 0 Å². The average molecular weight is 357 g/mol. The van der Waals surface area contributed by atoms with Crippen LogP contribution in [0.3, 0.4) is 0 Å². The van der Waals surface area contributed by atoms with E-state index >= 15 is 0 Å². The molecule has 0 aliphatic rings. The summed E-state index contributed by atoms with van der Waals surface area (Å²) in [5.41, 5.74) is 6.77. The first-order valence-corrected chi connectivity index (χ1v) is 9.94. The van der Waals surface area contributed by atoms with Gasteiger partial charge in [-0.2, -0.15) is 0 Å². The molecule has 2 rings (SSSR count). The Morgan fingerprint density at radius 3 is 1.35 bits per heavy atom. The molecule has 0 fully saturated rings. The smallest absolute Gasteiger partial charge is 0.123 e. The largest absolute Gasteiger partial charge is 0.207 e. The maximum atomic E-state index is 13.0. The van der Waals surface area contributed by atoms with Crippen LogP contribution in [0.5, 0.6) is 0 Å². The predicted octanol–water partition coefficient (Wildman–Crippen LogP) is 8.31. The fourth-order valence-corrected chi connectivity index (χ4v) is 3.29. The first kappa shape index (κ1) is 22.4. The van der Waals surface area contributed by atoms with Crippen molar-refractivity contribution in [2.24, 2.45) is 0 Å². The quantitative estimate of drug-likeness (QED) is 0.516. The molecule has 2 aromatic rings. The number of benzene rings is 2. The van der Waals surface area contributed by atoms with Gasteiger partial charge in [0.15, 0.2) is 0 Å². The summed E-state index contributed by atoms with van der Waals surface area (Å²) in [4.78, 5) is 0. The van der Waals surface area contributed by atoms with E-state index in [-0.39, 0.29) is 5.82 Å². The van der Waals surface area contributed by atoms with Crippen molar-refractivity contribution in [3.8, 4) is 0 Å². The normalized spacial score (nSPS) is 11.3. The molecule has 1 heteroatoms. The fourth-order valence-electron chi connectivity index (χ4n) is 3.29. The van der Waals surface area contributed by atoms with E-state index in [0.29, 0.717) is 23.7 Å². The van der Waals surface area contributed by atoms with Crippen molar-refractivity contribution in [1.29, 1.82) is 0 Å². The number of aryl methyl sites for hydroxylation is 1. The lowest BCUT2D eigenvalue weighted by molar-refractivity contribution is 0.620. The molecule has 0 heterocycles.